The molecule has 0 radical (unpaired) electrons. The van der Waals surface area contributed by atoms with E-state index in [-0.39, 0.29) is 30.8 Å². The molecular weight excluding hydrogens is 481 g/mol. The smallest absolute Gasteiger partial charge is 0.362 e. The zero-order valence-electron chi connectivity index (χ0n) is 21.3. The van der Waals surface area contributed by atoms with Gasteiger partial charge in [-0.2, -0.15) is 0 Å². The number of hydrogen-bond donors (Lipinski definition) is 0. The number of nitrogens with zero attached hydrogens (tertiary/aromatic N) is 3. The van der Waals surface area contributed by atoms with E-state index in [1.165, 1.54) is 13.3 Å². The molecule has 0 fully saturated rings. The summed E-state index contributed by atoms with van der Waals surface area (Å²) in [5, 5.41) is 0.745. The van der Waals surface area contributed by atoms with Crippen molar-refractivity contribution in [1.29, 1.82) is 0 Å². The summed E-state index contributed by atoms with van der Waals surface area (Å²) in [6.45, 7) is 10.4. The van der Waals surface area contributed by atoms with Crippen molar-refractivity contribution in [2.75, 3.05) is 13.2 Å². The third kappa shape index (κ3) is 6.46. The quantitative estimate of drug-likeness (QED) is 0.191. The first-order valence-electron chi connectivity index (χ1n) is 11.5. The van der Waals surface area contributed by atoms with E-state index in [4.69, 9.17) is 13.8 Å². The Kier molecular flexibility index (Phi) is 8.47. The first-order chi connectivity index (χ1) is 17.0. The summed E-state index contributed by atoms with van der Waals surface area (Å²) < 4.78 is 32.1. The van der Waals surface area contributed by atoms with Gasteiger partial charge in [0.05, 0.1) is 29.6 Å². The van der Waals surface area contributed by atoms with E-state index < -0.39 is 19.2 Å². The van der Waals surface area contributed by atoms with E-state index in [0.29, 0.717) is 27.6 Å². The number of aromatic nitrogens is 3. The number of hydrogen-bond acceptors (Lipinski definition) is 8. The van der Waals surface area contributed by atoms with E-state index in [2.05, 4.69) is 21.8 Å². The Morgan fingerprint density at radius 3 is 2.25 bits per heavy atom. The summed E-state index contributed by atoms with van der Waals surface area (Å²) in [6, 6.07) is 3.29. The summed E-state index contributed by atoms with van der Waals surface area (Å²) >= 11 is 0. The number of rotatable bonds is 8. The maximum atomic E-state index is 13.8. The van der Waals surface area contributed by atoms with Crippen LogP contribution in [-0.2, 0) is 29.7 Å². The van der Waals surface area contributed by atoms with Crippen LogP contribution in [0.4, 0.5) is 0 Å². The summed E-state index contributed by atoms with van der Waals surface area (Å²) in [7, 11) is -3.78. The summed E-state index contributed by atoms with van der Waals surface area (Å²) in [6.07, 6.45) is 6.10. The SMILES string of the molecule is CCOP(=O)(OCC)c1cc2c(C(C)=O)cn(CC(=O)OC(C)(C)C)c2cc1C#Cc1cncnc1. The summed E-state index contributed by atoms with van der Waals surface area (Å²) in [5.41, 5.74) is 1.19. The fourth-order valence-corrected chi connectivity index (χ4v) is 5.33. The number of carbonyl (C=O) groups is 2. The van der Waals surface area contributed by atoms with Crippen molar-refractivity contribution in [2.24, 2.45) is 0 Å². The van der Waals surface area contributed by atoms with Crippen molar-refractivity contribution in [1.82, 2.24) is 14.5 Å². The van der Waals surface area contributed by atoms with Gasteiger partial charge in [-0.25, -0.2) is 9.97 Å². The lowest BCUT2D eigenvalue weighted by atomic mass is 10.1. The van der Waals surface area contributed by atoms with Gasteiger partial charge in [-0.05, 0) is 53.7 Å². The van der Waals surface area contributed by atoms with Crippen LogP contribution in [0, 0.1) is 11.8 Å². The third-order valence-electron chi connectivity index (χ3n) is 4.89. The number of ether oxygens (including phenoxy) is 1. The number of ketones is 1. The number of Topliss-reactive ketones (excluding diaryl/α,β-unsaturated/α-hetero) is 1. The molecule has 0 saturated carbocycles. The molecule has 2 heterocycles. The Balaban J connectivity index is 2.27. The normalized spacial score (nSPS) is 11.7. The van der Waals surface area contributed by atoms with Crippen LogP contribution in [0.2, 0.25) is 0 Å². The van der Waals surface area contributed by atoms with Gasteiger partial charge in [-0.1, -0.05) is 11.8 Å². The first kappa shape index (κ1) is 27.3. The van der Waals surface area contributed by atoms with E-state index in [1.54, 1.807) is 69.9 Å². The van der Waals surface area contributed by atoms with Gasteiger partial charge in [0.1, 0.15) is 18.5 Å². The maximum Gasteiger partial charge on any atom is 0.362 e. The standard InChI is InChI=1S/C26H30N3O6P/c1-7-33-36(32,34-8-2)24-12-21-22(18(3)30)15-29(16-25(31)35-26(4,5)6)23(21)11-20(24)10-9-19-13-27-17-28-14-19/h11-15,17H,7-8,16H2,1-6H3. The Morgan fingerprint density at radius 2 is 1.69 bits per heavy atom. The predicted octanol–water partition coefficient (Wildman–Crippen LogP) is 4.27. The molecule has 3 aromatic rings. The van der Waals surface area contributed by atoms with Crippen LogP contribution in [0.25, 0.3) is 10.9 Å². The van der Waals surface area contributed by atoms with Crippen LogP contribution in [0.1, 0.15) is 63.0 Å². The van der Waals surface area contributed by atoms with E-state index >= 15 is 0 Å². The maximum absolute atomic E-state index is 13.8. The van der Waals surface area contributed by atoms with Gasteiger partial charge >= 0.3 is 13.6 Å². The summed E-state index contributed by atoms with van der Waals surface area (Å²) in [4.78, 5) is 33.0. The molecule has 0 saturated heterocycles. The van der Waals surface area contributed by atoms with Gasteiger partial charge in [0.2, 0.25) is 0 Å². The molecule has 190 valence electrons. The topological polar surface area (TPSA) is 110 Å². The molecule has 0 aliphatic carbocycles. The highest BCUT2D eigenvalue weighted by atomic mass is 31.2. The molecule has 0 unspecified atom stereocenters. The molecule has 0 atom stereocenters. The molecule has 10 heteroatoms. The average Bonchev–Trinajstić information content (AvgIpc) is 3.14. The first-order valence-corrected chi connectivity index (χ1v) is 13.1. The van der Waals surface area contributed by atoms with Crippen molar-refractivity contribution >= 4 is 35.6 Å². The largest absolute Gasteiger partial charge is 0.459 e. The van der Waals surface area contributed by atoms with Crippen molar-refractivity contribution in [3.8, 4) is 11.8 Å². The molecule has 0 amide bonds. The highest BCUT2D eigenvalue weighted by Crippen LogP contribution is 2.48. The fourth-order valence-electron chi connectivity index (χ4n) is 3.60. The van der Waals surface area contributed by atoms with Crippen molar-refractivity contribution in [3.63, 3.8) is 0 Å². The Labute approximate surface area is 210 Å². The summed E-state index contributed by atoms with van der Waals surface area (Å²) in [5.74, 6) is 5.33. The second-order valence-electron chi connectivity index (χ2n) is 8.91. The minimum absolute atomic E-state index is 0.117. The van der Waals surface area contributed by atoms with Gasteiger partial charge in [-0.3, -0.25) is 14.2 Å². The fraction of sp³-hybridized carbons (Fsp3) is 0.385. The molecule has 0 spiro atoms. The molecule has 0 N–H and O–H groups in total. The van der Waals surface area contributed by atoms with Crippen molar-refractivity contribution in [3.05, 3.63) is 53.7 Å². The Hall–Kier alpha value is -3.31. The van der Waals surface area contributed by atoms with Crippen LogP contribution >= 0.6 is 7.60 Å². The molecule has 9 nitrogen and oxygen atoms in total. The van der Waals surface area contributed by atoms with Crippen LogP contribution in [0.15, 0.2) is 37.1 Å². The van der Waals surface area contributed by atoms with E-state index in [9.17, 15) is 14.2 Å². The second-order valence-corrected chi connectivity index (χ2v) is 10.9. The zero-order valence-corrected chi connectivity index (χ0v) is 22.2. The van der Waals surface area contributed by atoms with E-state index in [1.807, 2.05) is 0 Å². The minimum Gasteiger partial charge on any atom is -0.459 e. The van der Waals surface area contributed by atoms with Gasteiger partial charge in [0.15, 0.2) is 5.78 Å². The molecule has 0 aliphatic heterocycles. The monoisotopic (exact) mass is 511 g/mol. The lowest BCUT2D eigenvalue weighted by molar-refractivity contribution is -0.155. The predicted molar refractivity (Wildman–Crippen MR) is 136 cm³/mol. The molecule has 0 bridgehead atoms. The number of benzene rings is 1. The molecule has 2 aromatic heterocycles. The minimum atomic E-state index is -3.78. The molecule has 0 aliphatic rings. The Bertz CT molecular complexity index is 1370. The van der Waals surface area contributed by atoms with Crippen LogP contribution in [-0.4, -0.2) is 45.1 Å². The van der Waals surface area contributed by atoms with Gasteiger partial charge in [0, 0.05) is 35.1 Å². The number of carbonyl (C=O) groups excluding carboxylic acids is 2. The van der Waals surface area contributed by atoms with Gasteiger partial charge in [-0.15, -0.1) is 0 Å². The lowest BCUT2D eigenvalue weighted by Gasteiger charge is -2.20. The third-order valence-corrected chi connectivity index (χ3v) is 7.05. The molecule has 36 heavy (non-hydrogen) atoms. The molecule has 3 rings (SSSR count). The lowest BCUT2D eigenvalue weighted by Crippen LogP contribution is -2.26. The Morgan fingerprint density at radius 1 is 1.06 bits per heavy atom. The number of esters is 1. The van der Waals surface area contributed by atoms with Gasteiger partial charge in [0.25, 0.3) is 0 Å². The van der Waals surface area contributed by atoms with Gasteiger partial charge < -0.3 is 18.4 Å². The van der Waals surface area contributed by atoms with Crippen LogP contribution < -0.4 is 5.30 Å². The van der Waals surface area contributed by atoms with Crippen LogP contribution in [0.5, 0.6) is 0 Å². The highest BCUT2D eigenvalue weighted by Gasteiger charge is 2.31. The molecular formula is C26H30N3O6P. The average molecular weight is 512 g/mol. The van der Waals surface area contributed by atoms with E-state index in [0.717, 1.165) is 0 Å². The van der Waals surface area contributed by atoms with Crippen LogP contribution in [0.3, 0.4) is 0 Å². The number of fused-ring (bicyclic) bond motifs is 1. The van der Waals surface area contributed by atoms with Crippen molar-refractivity contribution in [2.45, 2.75) is 53.7 Å². The molecule has 1 aromatic carbocycles. The highest BCUT2D eigenvalue weighted by molar-refractivity contribution is 7.62. The van der Waals surface area contributed by atoms with Crippen molar-refractivity contribution < 1.29 is 27.9 Å². The zero-order chi connectivity index (χ0) is 26.5. The second kappa shape index (κ2) is 11.2.